The molecule has 2 aromatic carbocycles. The van der Waals surface area contributed by atoms with Gasteiger partial charge in [0.05, 0.1) is 7.11 Å². The lowest BCUT2D eigenvalue weighted by Crippen LogP contribution is -2.33. The van der Waals surface area contributed by atoms with E-state index < -0.39 is 10.0 Å². The van der Waals surface area contributed by atoms with Gasteiger partial charge in [0.1, 0.15) is 10.6 Å². The molecular weight excluding hydrogens is 388 g/mol. The molecule has 0 atom stereocenters. The number of carbonyl (C=O) groups is 1. The maximum Gasteiger partial charge on any atom is 0.258 e. The molecule has 29 heavy (non-hydrogen) atoms. The SMILES string of the molecule is COc1ccc(C(=O)N2CCc3ccccc32)cc1S(=O)(=O)N1CCCCCC1. The van der Waals surface area contributed by atoms with E-state index >= 15 is 0 Å². The number of sulfonamides is 1. The second-order valence-electron chi connectivity index (χ2n) is 7.52. The van der Waals surface area contributed by atoms with E-state index in [9.17, 15) is 13.2 Å². The third kappa shape index (κ3) is 3.76. The maximum atomic E-state index is 13.3. The molecule has 2 aliphatic heterocycles. The zero-order valence-corrected chi connectivity index (χ0v) is 17.5. The van der Waals surface area contributed by atoms with Gasteiger partial charge in [-0.2, -0.15) is 4.31 Å². The van der Waals surface area contributed by atoms with Crippen LogP contribution in [0.15, 0.2) is 47.4 Å². The van der Waals surface area contributed by atoms with Gasteiger partial charge in [-0.3, -0.25) is 4.79 Å². The molecule has 1 amide bonds. The Bertz CT molecular complexity index is 1010. The molecule has 0 saturated carbocycles. The molecule has 1 saturated heterocycles. The van der Waals surface area contributed by atoms with Crippen molar-refractivity contribution in [1.29, 1.82) is 0 Å². The molecule has 154 valence electrons. The number of para-hydroxylation sites is 1. The molecule has 0 radical (unpaired) electrons. The maximum absolute atomic E-state index is 13.3. The predicted molar refractivity (Wildman–Crippen MR) is 112 cm³/mol. The van der Waals surface area contributed by atoms with E-state index in [0.29, 0.717) is 25.2 Å². The topological polar surface area (TPSA) is 66.9 Å². The van der Waals surface area contributed by atoms with Crippen LogP contribution in [0.2, 0.25) is 0 Å². The number of benzene rings is 2. The highest BCUT2D eigenvalue weighted by atomic mass is 32.2. The predicted octanol–water partition coefficient (Wildman–Crippen LogP) is 3.46. The molecule has 1 fully saturated rings. The molecule has 6 nitrogen and oxygen atoms in total. The molecule has 2 aliphatic rings. The average molecular weight is 415 g/mol. The van der Waals surface area contributed by atoms with Gasteiger partial charge in [0.15, 0.2) is 0 Å². The number of rotatable bonds is 4. The van der Waals surface area contributed by atoms with Gasteiger partial charge in [-0.05, 0) is 49.1 Å². The number of hydrogen-bond donors (Lipinski definition) is 0. The fourth-order valence-electron chi connectivity index (χ4n) is 4.14. The molecule has 4 rings (SSSR count). The number of amides is 1. The van der Waals surface area contributed by atoms with Crippen LogP contribution in [-0.4, -0.2) is 45.4 Å². The molecule has 0 N–H and O–H groups in total. The second-order valence-corrected chi connectivity index (χ2v) is 9.43. The van der Waals surface area contributed by atoms with Crippen molar-refractivity contribution in [2.24, 2.45) is 0 Å². The number of fused-ring (bicyclic) bond motifs is 1. The van der Waals surface area contributed by atoms with E-state index in [2.05, 4.69) is 0 Å². The lowest BCUT2D eigenvalue weighted by Gasteiger charge is -2.22. The normalized spacial score (nSPS) is 17.6. The number of carbonyl (C=O) groups excluding carboxylic acids is 1. The van der Waals surface area contributed by atoms with Crippen molar-refractivity contribution >= 4 is 21.6 Å². The van der Waals surface area contributed by atoms with Crippen LogP contribution in [0.1, 0.15) is 41.6 Å². The first kappa shape index (κ1) is 19.9. The minimum Gasteiger partial charge on any atom is -0.495 e. The van der Waals surface area contributed by atoms with E-state index in [0.717, 1.165) is 43.4 Å². The summed E-state index contributed by atoms with van der Waals surface area (Å²) in [7, 11) is -2.28. The minimum atomic E-state index is -3.73. The number of anilines is 1. The van der Waals surface area contributed by atoms with Crippen molar-refractivity contribution in [3.8, 4) is 5.75 Å². The van der Waals surface area contributed by atoms with Crippen LogP contribution in [0.4, 0.5) is 5.69 Å². The van der Waals surface area contributed by atoms with Crippen LogP contribution < -0.4 is 9.64 Å². The molecule has 7 heteroatoms. The van der Waals surface area contributed by atoms with Crippen LogP contribution in [0.25, 0.3) is 0 Å². The number of ether oxygens (including phenoxy) is 1. The fraction of sp³-hybridized carbons (Fsp3) is 0.409. The third-order valence-electron chi connectivity index (χ3n) is 5.73. The highest BCUT2D eigenvalue weighted by Gasteiger charge is 2.31. The lowest BCUT2D eigenvalue weighted by atomic mass is 10.1. The van der Waals surface area contributed by atoms with Gasteiger partial charge in [0.25, 0.3) is 5.91 Å². The first-order valence-corrected chi connectivity index (χ1v) is 11.5. The summed E-state index contributed by atoms with van der Waals surface area (Å²) in [5, 5.41) is 0. The van der Waals surface area contributed by atoms with E-state index in [1.165, 1.54) is 17.5 Å². The molecular formula is C22H26N2O4S. The summed E-state index contributed by atoms with van der Waals surface area (Å²) >= 11 is 0. The Balaban J connectivity index is 1.69. The summed E-state index contributed by atoms with van der Waals surface area (Å²) in [6.07, 6.45) is 4.58. The van der Waals surface area contributed by atoms with Crippen molar-refractivity contribution < 1.29 is 17.9 Å². The third-order valence-corrected chi connectivity index (χ3v) is 7.65. The Kier molecular flexibility index (Phi) is 5.61. The molecule has 0 bridgehead atoms. The van der Waals surface area contributed by atoms with E-state index in [4.69, 9.17) is 4.74 Å². The molecule has 0 aliphatic carbocycles. The van der Waals surface area contributed by atoms with Crippen molar-refractivity contribution in [1.82, 2.24) is 4.31 Å². The van der Waals surface area contributed by atoms with Crippen molar-refractivity contribution in [2.45, 2.75) is 37.0 Å². The first-order valence-electron chi connectivity index (χ1n) is 10.1. The number of nitrogens with zero attached hydrogens (tertiary/aromatic N) is 2. The largest absolute Gasteiger partial charge is 0.495 e. The minimum absolute atomic E-state index is 0.0697. The summed E-state index contributed by atoms with van der Waals surface area (Å²) in [5.41, 5.74) is 2.38. The number of hydrogen-bond acceptors (Lipinski definition) is 4. The van der Waals surface area contributed by atoms with E-state index in [1.807, 2.05) is 24.3 Å². The Morgan fingerprint density at radius 2 is 1.69 bits per heavy atom. The van der Waals surface area contributed by atoms with E-state index in [-0.39, 0.29) is 16.6 Å². The van der Waals surface area contributed by atoms with Crippen LogP contribution >= 0.6 is 0 Å². The zero-order valence-electron chi connectivity index (χ0n) is 16.6. The highest BCUT2D eigenvalue weighted by Crippen LogP contribution is 2.32. The summed E-state index contributed by atoms with van der Waals surface area (Å²) in [4.78, 5) is 15.0. The Morgan fingerprint density at radius 1 is 0.966 bits per heavy atom. The Hall–Kier alpha value is -2.38. The Morgan fingerprint density at radius 3 is 2.41 bits per heavy atom. The van der Waals surface area contributed by atoms with Gasteiger partial charge in [-0.15, -0.1) is 0 Å². The van der Waals surface area contributed by atoms with Crippen molar-refractivity contribution in [3.05, 3.63) is 53.6 Å². The summed E-state index contributed by atoms with van der Waals surface area (Å²) in [6.45, 7) is 1.60. The van der Waals surface area contributed by atoms with Crippen molar-refractivity contribution in [3.63, 3.8) is 0 Å². The Labute approximate surface area is 172 Å². The first-order chi connectivity index (χ1) is 14.0. The fourth-order valence-corrected chi connectivity index (χ4v) is 5.84. The number of methoxy groups -OCH3 is 1. The van der Waals surface area contributed by atoms with Crippen LogP contribution in [0.5, 0.6) is 5.75 Å². The van der Waals surface area contributed by atoms with Crippen LogP contribution in [0, 0.1) is 0 Å². The average Bonchev–Trinajstić information content (AvgIpc) is 2.97. The zero-order chi connectivity index (χ0) is 20.4. The standard InChI is InChI=1S/C22H26N2O4S/c1-28-20-11-10-18(22(25)24-15-12-17-8-4-5-9-19(17)24)16-21(20)29(26,27)23-13-6-2-3-7-14-23/h4-5,8-11,16H,2-3,6-7,12-15H2,1H3. The molecule has 0 unspecified atom stereocenters. The quantitative estimate of drug-likeness (QED) is 0.768. The summed E-state index contributed by atoms with van der Waals surface area (Å²) < 4.78 is 33.5. The summed E-state index contributed by atoms with van der Waals surface area (Å²) in [6, 6.07) is 12.5. The van der Waals surface area contributed by atoms with Crippen LogP contribution in [0.3, 0.4) is 0 Å². The highest BCUT2D eigenvalue weighted by molar-refractivity contribution is 7.89. The molecule has 2 heterocycles. The second kappa shape index (κ2) is 8.16. The van der Waals surface area contributed by atoms with Gasteiger partial charge in [-0.25, -0.2) is 8.42 Å². The van der Waals surface area contributed by atoms with Gasteiger partial charge in [0.2, 0.25) is 10.0 Å². The van der Waals surface area contributed by atoms with Crippen LogP contribution in [-0.2, 0) is 16.4 Å². The van der Waals surface area contributed by atoms with Gasteiger partial charge >= 0.3 is 0 Å². The van der Waals surface area contributed by atoms with Gasteiger partial charge in [-0.1, -0.05) is 31.0 Å². The smallest absolute Gasteiger partial charge is 0.258 e. The van der Waals surface area contributed by atoms with Gasteiger partial charge in [0, 0.05) is 30.9 Å². The molecule has 0 aromatic heterocycles. The van der Waals surface area contributed by atoms with Crippen molar-refractivity contribution in [2.75, 3.05) is 31.6 Å². The van der Waals surface area contributed by atoms with Gasteiger partial charge < -0.3 is 9.64 Å². The monoisotopic (exact) mass is 414 g/mol. The van der Waals surface area contributed by atoms with E-state index in [1.54, 1.807) is 17.0 Å². The lowest BCUT2D eigenvalue weighted by molar-refractivity contribution is 0.0989. The molecule has 2 aromatic rings. The molecule has 0 spiro atoms. The summed E-state index contributed by atoms with van der Waals surface area (Å²) in [5.74, 6) is 0.0811.